The molecule has 0 bridgehead atoms. The van der Waals surface area contributed by atoms with Gasteiger partial charge in [0.25, 0.3) is 0 Å². The molecule has 0 aromatic carbocycles. The molecule has 0 unspecified atom stereocenters. The second-order valence-corrected chi connectivity index (χ2v) is 7.66. The van der Waals surface area contributed by atoms with E-state index in [1.165, 1.54) is 0 Å². The van der Waals surface area contributed by atoms with Crippen molar-refractivity contribution >= 4 is 6.09 Å². The van der Waals surface area contributed by atoms with Crippen molar-refractivity contribution in [1.29, 1.82) is 5.26 Å². The number of nitriles is 1. The predicted molar refractivity (Wildman–Crippen MR) is 103 cm³/mol. The van der Waals surface area contributed by atoms with Gasteiger partial charge < -0.3 is 9.64 Å². The molecule has 27 heavy (non-hydrogen) atoms. The van der Waals surface area contributed by atoms with Crippen molar-refractivity contribution in [2.24, 2.45) is 0 Å². The molecule has 6 heteroatoms. The van der Waals surface area contributed by atoms with Crippen molar-refractivity contribution in [2.75, 3.05) is 32.8 Å². The van der Waals surface area contributed by atoms with Gasteiger partial charge in [-0.2, -0.15) is 5.26 Å². The number of carbonyl (C=O) groups excluding carboxylic acids is 1. The number of amides is 1. The van der Waals surface area contributed by atoms with Gasteiger partial charge >= 0.3 is 6.09 Å². The number of hydrogen-bond acceptors (Lipinski definition) is 5. The molecule has 1 aliphatic heterocycles. The van der Waals surface area contributed by atoms with E-state index in [1.807, 2.05) is 36.9 Å². The molecule has 1 aliphatic carbocycles. The fraction of sp³-hybridized carbons (Fsp3) is 0.667. The molecule has 2 fully saturated rings. The number of rotatable bonds is 3. The van der Waals surface area contributed by atoms with E-state index in [4.69, 9.17) is 4.74 Å². The van der Waals surface area contributed by atoms with Crippen LogP contribution in [0.25, 0.3) is 0 Å². The fourth-order valence-corrected chi connectivity index (χ4v) is 4.40. The van der Waals surface area contributed by atoms with Crippen molar-refractivity contribution in [3.8, 4) is 6.07 Å². The van der Waals surface area contributed by atoms with Gasteiger partial charge in [0.15, 0.2) is 0 Å². The van der Waals surface area contributed by atoms with Crippen LogP contribution in [0, 0.1) is 18.3 Å². The maximum Gasteiger partial charge on any atom is 0.409 e. The molecule has 1 saturated heterocycles. The quantitative estimate of drug-likeness (QED) is 0.817. The molecule has 146 valence electrons. The summed E-state index contributed by atoms with van der Waals surface area (Å²) in [7, 11) is 0. The minimum absolute atomic E-state index is 0.197. The summed E-state index contributed by atoms with van der Waals surface area (Å²) in [6.07, 6.45) is 4.48. The predicted octanol–water partition coefficient (Wildman–Crippen LogP) is 3.26. The topological polar surface area (TPSA) is 69.5 Å². The first-order valence-electron chi connectivity index (χ1n) is 10.1. The van der Waals surface area contributed by atoms with Crippen molar-refractivity contribution in [2.45, 2.75) is 57.4 Å². The molecule has 0 atom stereocenters. The first-order chi connectivity index (χ1) is 13.1. The van der Waals surface area contributed by atoms with Gasteiger partial charge in [-0.1, -0.05) is 6.07 Å². The van der Waals surface area contributed by atoms with E-state index in [-0.39, 0.29) is 6.09 Å². The van der Waals surface area contributed by atoms with Crippen LogP contribution in [0.2, 0.25) is 0 Å². The first kappa shape index (κ1) is 19.6. The molecule has 1 aromatic rings. The highest BCUT2D eigenvalue weighted by atomic mass is 16.6. The Morgan fingerprint density at radius 1 is 1.30 bits per heavy atom. The molecule has 6 nitrogen and oxygen atoms in total. The van der Waals surface area contributed by atoms with Crippen molar-refractivity contribution in [3.63, 3.8) is 0 Å². The lowest BCUT2D eigenvalue weighted by Gasteiger charge is -2.39. The zero-order valence-electron chi connectivity index (χ0n) is 16.5. The van der Waals surface area contributed by atoms with E-state index >= 15 is 0 Å². The Morgan fingerprint density at radius 3 is 2.74 bits per heavy atom. The smallest absolute Gasteiger partial charge is 0.409 e. The molecule has 0 N–H and O–H groups in total. The molecule has 0 radical (unpaired) electrons. The van der Waals surface area contributed by atoms with Crippen LogP contribution in [-0.2, 0) is 10.2 Å². The monoisotopic (exact) mass is 370 g/mol. The zero-order valence-corrected chi connectivity index (χ0v) is 16.5. The number of pyridine rings is 1. The van der Waals surface area contributed by atoms with Gasteiger partial charge in [-0.05, 0) is 58.1 Å². The van der Waals surface area contributed by atoms with Gasteiger partial charge in [0.1, 0.15) is 0 Å². The minimum Gasteiger partial charge on any atom is -0.450 e. The minimum atomic E-state index is -0.453. The summed E-state index contributed by atoms with van der Waals surface area (Å²) in [5.74, 6) is 0. The largest absolute Gasteiger partial charge is 0.450 e. The molecule has 2 heterocycles. The third-order valence-corrected chi connectivity index (χ3v) is 5.97. The Hall–Kier alpha value is -2.13. The number of ether oxygens (including phenoxy) is 1. The van der Waals surface area contributed by atoms with Crippen LogP contribution in [0.15, 0.2) is 18.2 Å². The first-order valence-corrected chi connectivity index (χ1v) is 10.1. The number of aryl methyl sites for hydroxylation is 1. The fourth-order valence-electron chi connectivity index (χ4n) is 4.40. The summed E-state index contributed by atoms with van der Waals surface area (Å²) in [4.78, 5) is 21.0. The third kappa shape index (κ3) is 4.41. The van der Waals surface area contributed by atoms with E-state index in [0.717, 1.165) is 69.7 Å². The molecular formula is C21H30N4O2. The van der Waals surface area contributed by atoms with E-state index in [0.29, 0.717) is 12.6 Å². The van der Waals surface area contributed by atoms with Gasteiger partial charge in [-0.25, -0.2) is 4.79 Å². The van der Waals surface area contributed by atoms with Crippen molar-refractivity contribution in [3.05, 3.63) is 29.6 Å². The van der Waals surface area contributed by atoms with Crippen LogP contribution in [0.1, 0.15) is 50.4 Å². The second-order valence-electron chi connectivity index (χ2n) is 7.66. The van der Waals surface area contributed by atoms with E-state index in [1.54, 1.807) is 0 Å². The van der Waals surface area contributed by atoms with Crippen LogP contribution >= 0.6 is 0 Å². The maximum absolute atomic E-state index is 12.0. The molecular weight excluding hydrogens is 340 g/mol. The lowest BCUT2D eigenvalue weighted by Crippen LogP contribution is -2.44. The number of carbonyl (C=O) groups is 1. The summed E-state index contributed by atoms with van der Waals surface area (Å²) >= 11 is 0. The van der Waals surface area contributed by atoms with Crippen LogP contribution in [0.3, 0.4) is 0 Å². The average molecular weight is 370 g/mol. The molecule has 1 saturated carbocycles. The van der Waals surface area contributed by atoms with Gasteiger partial charge in [0.05, 0.1) is 23.8 Å². The highest BCUT2D eigenvalue weighted by Gasteiger charge is 2.40. The molecule has 2 aliphatic rings. The normalized spacial score (nSPS) is 26.9. The van der Waals surface area contributed by atoms with Gasteiger partial charge in [-0.15, -0.1) is 0 Å². The van der Waals surface area contributed by atoms with Crippen molar-refractivity contribution in [1.82, 2.24) is 14.8 Å². The number of aromatic nitrogens is 1. The highest BCUT2D eigenvalue weighted by Crippen LogP contribution is 2.39. The molecule has 0 spiro atoms. The number of nitrogens with zero attached hydrogens (tertiary/aromatic N) is 4. The average Bonchev–Trinajstić information content (AvgIpc) is 2.94. The SMILES string of the molecule is CCOC(=O)N1CCCN(C2CCC(C#N)(c3cccc(C)n3)CC2)CC1. The summed E-state index contributed by atoms with van der Waals surface area (Å²) in [6.45, 7) is 7.61. The van der Waals surface area contributed by atoms with Gasteiger partial charge in [-0.3, -0.25) is 9.88 Å². The van der Waals surface area contributed by atoms with E-state index < -0.39 is 5.41 Å². The standard InChI is InChI=1S/C21H30N4O2/c1-3-27-20(26)25-13-5-12-24(14-15-25)18-8-10-21(16-22,11-9-18)19-7-4-6-17(2)23-19/h4,6-7,18H,3,5,8-15H2,1-2H3. The Kier molecular flexibility index (Phi) is 6.33. The Balaban J connectivity index is 1.60. The second kappa shape index (κ2) is 8.71. The third-order valence-electron chi connectivity index (χ3n) is 5.97. The molecule has 3 rings (SSSR count). The summed E-state index contributed by atoms with van der Waals surface area (Å²) in [5, 5.41) is 9.91. The Labute approximate surface area is 162 Å². The van der Waals surface area contributed by atoms with Crippen molar-refractivity contribution < 1.29 is 9.53 Å². The lowest BCUT2D eigenvalue weighted by atomic mass is 9.71. The zero-order chi connectivity index (χ0) is 19.3. The van der Waals surface area contributed by atoms with E-state index in [9.17, 15) is 10.1 Å². The maximum atomic E-state index is 12.0. The van der Waals surface area contributed by atoms with E-state index in [2.05, 4.69) is 16.0 Å². The summed E-state index contributed by atoms with van der Waals surface area (Å²) in [5.41, 5.74) is 1.44. The lowest BCUT2D eigenvalue weighted by molar-refractivity contribution is 0.104. The van der Waals surface area contributed by atoms with Crippen LogP contribution in [0.5, 0.6) is 0 Å². The number of hydrogen-bond donors (Lipinski definition) is 0. The van der Waals surface area contributed by atoms with Crippen LogP contribution in [0.4, 0.5) is 4.79 Å². The molecule has 1 amide bonds. The molecule has 1 aromatic heterocycles. The highest BCUT2D eigenvalue weighted by molar-refractivity contribution is 5.67. The van der Waals surface area contributed by atoms with Crippen LogP contribution < -0.4 is 0 Å². The summed E-state index contributed by atoms with van der Waals surface area (Å²) in [6, 6.07) is 9.05. The van der Waals surface area contributed by atoms with Gasteiger partial charge in [0.2, 0.25) is 0 Å². The Morgan fingerprint density at radius 2 is 2.07 bits per heavy atom. The van der Waals surface area contributed by atoms with Crippen LogP contribution in [-0.4, -0.2) is 59.7 Å². The Bertz CT molecular complexity index is 692. The van der Waals surface area contributed by atoms with Gasteiger partial charge in [0, 0.05) is 37.9 Å². The summed E-state index contributed by atoms with van der Waals surface area (Å²) < 4.78 is 5.14.